The highest BCUT2D eigenvalue weighted by Gasteiger charge is 2.17. The monoisotopic (exact) mass is 397 g/mol. The summed E-state index contributed by atoms with van der Waals surface area (Å²) < 4.78 is 29.7. The van der Waals surface area contributed by atoms with Gasteiger partial charge in [0.1, 0.15) is 11.6 Å². The molecule has 2 aromatic carbocycles. The topological polar surface area (TPSA) is 74.2 Å². The van der Waals surface area contributed by atoms with Gasteiger partial charge < -0.3 is 13.7 Å². The van der Waals surface area contributed by atoms with Gasteiger partial charge in [-0.3, -0.25) is 0 Å². The molecule has 6 nitrogen and oxygen atoms in total. The third kappa shape index (κ3) is 4.40. The van der Waals surface area contributed by atoms with Gasteiger partial charge in [0.2, 0.25) is 0 Å². The van der Waals surface area contributed by atoms with Gasteiger partial charge in [-0.2, -0.15) is 0 Å². The summed E-state index contributed by atoms with van der Waals surface area (Å²) in [5.41, 5.74) is 1.75. The fourth-order valence-electron chi connectivity index (χ4n) is 2.46. The van der Waals surface area contributed by atoms with E-state index < -0.39 is 6.10 Å². The van der Waals surface area contributed by atoms with Crippen LogP contribution in [-0.2, 0) is 5.75 Å². The SMILES string of the molecule is C[C@H](Oc1ccc(F)cc1)c1nnc(SCc2cc(-c3ccccc3)on2)o1. The average molecular weight is 397 g/mol. The first kappa shape index (κ1) is 18.2. The van der Waals surface area contributed by atoms with Crippen molar-refractivity contribution < 1.29 is 18.1 Å². The van der Waals surface area contributed by atoms with Crippen molar-refractivity contribution in [3.8, 4) is 17.1 Å². The highest BCUT2D eigenvalue weighted by molar-refractivity contribution is 7.98. The Morgan fingerprint density at radius 2 is 1.86 bits per heavy atom. The minimum Gasteiger partial charge on any atom is -0.481 e. The number of ether oxygens (including phenoxy) is 1. The van der Waals surface area contributed by atoms with Crippen molar-refractivity contribution in [1.82, 2.24) is 15.4 Å². The Bertz CT molecular complexity index is 1030. The van der Waals surface area contributed by atoms with E-state index in [1.807, 2.05) is 36.4 Å². The summed E-state index contributed by atoms with van der Waals surface area (Å²) in [5, 5.41) is 12.5. The maximum Gasteiger partial charge on any atom is 0.277 e. The van der Waals surface area contributed by atoms with Crippen molar-refractivity contribution in [2.45, 2.75) is 24.0 Å². The van der Waals surface area contributed by atoms with Gasteiger partial charge >= 0.3 is 0 Å². The lowest BCUT2D eigenvalue weighted by Gasteiger charge is -2.10. The summed E-state index contributed by atoms with van der Waals surface area (Å²) in [6.45, 7) is 1.79. The zero-order valence-corrected chi connectivity index (χ0v) is 15.7. The van der Waals surface area contributed by atoms with Crippen LogP contribution in [0.5, 0.6) is 5.75 Å². The van der Waals surface area contributed by atoms with E-state index in [0.717, 1.165) is 11.3 Å². The molecule has 4 aromatic rings. The Hall–Kier alpha value is -3.13. The van der Waals surface area contributed by atoms with Crippen LogP contribution in [0, 0.1) is 5.82 Å². The van der Waals surface area contributed by atoms with Gasteiger partial charge in [0.25, 0.3) is 11.1 Å². The van der Waals surface area contributed by atoms with Crippen molar-refractivity contribution in [2.75, 3.05) is 0 Å². The number of hydrogen-bond donors (Lipinski definition) is 0. The molecule has 0 aliphatic rings. The molecule has 4 rings (SSSR count). The van der Waals surface area contributed by atoms with Crippen LogP contribution >= 0.6 is 11.8 Å². The molecule has 2 heterocycles. The zero-order chi connectivity index (χ0) is 19.3. The fourth-order valence-corrected chi connectivity index (χ4v) is 3.11. The largest absolute Gasteiger partial charge is 0.481 e. The molecule has 0 radical (unpaired) electrons. The van der Waals surface area contributed by atoms with Crippen LogP contribution in [0.25, 0.3) is 11.3 Å². The number of benzene rings is 2. The van der Waals surface area contributed by atoms with Crippen LogP contribution in [0.4, 0.5) is 4.39 Å². The van der Waals surface area contributed by atoms with Crippen LogP contribution in [0.2, 0.25) is 0 Å². The lowest BCUT2D eigenvalue weighted by molar-refractivity contribution is 0.181. The molecule has 0 saturated heterocycles. The van der Waals surface area contributed by atoms with Gasteiger partial charge in [-0.25, -0.2) is 4.39 Å². The highest BCUT2D eigenvalue weighted by atomic mass is 32.2. The lowest BCUT2D eigenvalue weighted by atomic mass is 10.2. The summed E-state index contributed by atoms with van der Waals surface area (Å²) in [5.74, 6) is 1.79. The van der Waals surface area contributed by atoms with Crippen molar-refractivity contribution >= 4 is 11.8 Å². The van der Waals surface area contributed by atoms with Gasteiger partial charge in [-0.1, -0.05) is 47.3 Å². The van der Waals surface area contributed by atoms with Crippen LogP contribution in [0.15, 0.2) is 74.8 Å². The first-order valence-electron chi connectivity index (χ1n) is 8.57. The number of halogens is 1. The number of aromatic nitrogens is 3. The summed E-state index contributed by atoms with van der Waals surface area (Å²) >= 11 is 1.36. The molecule has 0 amide bonds. The molecule has 0 unspecified atom stereocenters. The second kappa shape index (κ2) is 8.26. The number of thioether (sulfide) groups is 1. The standard InChI is InChI=1S/C20H16FN3O3S/c1-13(25-17-9-7-15(21)8-10-17)19-22-23-20(26-19)28-12-16-11-18(27-24-16)14-5-3-2-4-6-14/h2-11,13H,12H2,1H3/t13-/m0/s1. The second-order valence-corrected chi connectivity index (χ2v) is 6.88. The van der Waals surface area contributed by atoms with E-state index in [4.69, 9.17) is 13.7 Å². The Morgan fingerprint density at radius 3 is 2.64 bits per heavy atom. The van der Waals surface area contributed by atoms with E-state index in [1.165, 1.54) is 23.9 Å². The van der Waals surface area contributed by atoms with Crippen molar-refractivity contribution in [2.24, 2.45) is 0 Å². The van der Waals surface area contributed by atoms with E-state index in [-0.39, 0.29) is 5.82 Å². The molecular weight excluding hydrogens is 381 g/mol. The summed E-state index contributed by atoms with van der Waals surface area (Å²) in [4.78, 5) is 0. The second-order valence-electron chi connectivity index (χ2n) is 5.96. The molecule has 0 spiro atoms. The molecule has 0 N–H and O–H groups in total. The Kier molecular flexibility index (Phi) is 5.38. The van der Waals surface area contributed by atoms with Gasteiger partial charge in [0, 0.05) is 17.4 Å². The van der Waals surface area contributed by atoms with Crippen LogP contribution in [0.3, 0.4) is 0 Å². The maximum absolute atomic E-state index is 13.0. The van der Waals surface area contributed by atoms with E-state index in [9.17, 15) is 4.39 Å². The van der Waals surface area contributed by atoms with Crippen LogP contribution in [0.1, 0.15) is 24.6 Å². The molecular formula is C20H16FN3O3S. The third-order valence-electron chi connectivity index (χ3n) is 3.86. The number of nitrogens with zero attached hydrogens (tertiary/aromatic N) is 3. The first-order chi connectivity index (χ1) is 13.7. The predicted octanol–water partition coefficient (Wildman–Crippen LogP) is 5.30. The molecule has 0 saturated carbocycles. The lowest BCUT2D eigenvalue weighted by Crippen LogP contribution is -2.03. The summed E-state index contributed by atoms with van der Waals surface area (Å²) in [6, 6.07) is 17.4. The Labute approximate surface area is 164 Å². The van der Waals surface area contributed by atoms with Crippen molar-refractivity contribution in [3.05, 3.63) is 78.1 Å². The number of hydrogen-bond acceptors (Lipinski definition) is 7. The zero-order valence-electron chi connectivity index (χ0n) is 14.9. The van der Waals surface area contributed by atoms with E-state index in [0.29, 0.717) is 28.4 Å². The van der Waals surface area contributed by atoms with Crippen molar-refractivity contribution in [3.63, 3.8) is 0 Å². The molecule has 0 aliphatic carbocycles. The molecule has 0 fully saturated rings. The summed E-state index contributed by atoms with van der Waals surface area (Å²) in [6.07, 6.45) is -0.455. The number of rotatable bonds is 7. The first-order valence-corrected chi connectivity index (χ1v) is 9.55. The molecule has 0 aliphatic heterocycles. The van der Waals surface area contributed by atoms with Gasteiger partial charge in [-0.15, -0.1) is 10.2 Å². The fraction of sp³-hybridized carbons (Fsp3) is 0.150. The van der Waals surface area contributed by atoms with Gasteiger partial charge in [0.15, 0.2) is 11.9 Å². The minimum absolute atomic E-state index is 0.320. The smallest absolute Gasteiger partial charge is 0.277 e. The van der Waals surface area contributed by atoms with E-state index in [2.05, 4.69) is 15.4 Å². The average Bonchev–Trinajstić information content (AvgIpc) is 3.38. The molecule has 2 aromatic heterocycles. The third-order valence-corrected chi connectivity index (χ3v) is 4.71. The highest BCUT2D eigenvalue weighted by Crippen LogP contribution is 2.27. The summed E-state index contributed by atoms with van der Waals surface area (Å²) in [7, 11) is 0. The Morgan fingerprint density at radius 1 is 1.07 bits per heavy atom. The maximum atomic E-state index is 13.0. The van der Waals surface area contributed by atoms with Gasteiger partial charge in [0.05, 0.1) is 5.69 Å². The molecule has 142 valence electrons. The van der Waals surface area contributed by atoms with Crippen LogP contribution < -0.4 is 4.74 Å². The molecule has 28 heavy (non-hydrogen) atoms. The van der Waals surface area contributed by atoms with E-state index >= 15 is 0 Å². The van der Waals surface area contributed by atoms with Crippen LogP contribution in [-0.4, -0.2) is 15.4 Å². The molecule has 1 atom stereocenters. The van der Waals surface area contributed by atoms with Gasteiger partial charge in [-0.05, 0) is 31.2 Å². The minimum atomic E-state index is -0.455. The normalized spacial score (nSPS) is 12.1. The Balaban J connectivity index is 1.35. The molecule has 8 heteroatoms. The molecule has 0 bridgehead atoms. The quantitative estimate of drug-likeness (QED) is 0.392. The predicted molar refractivity (Wildman–Crippen MR) is 101 cm³/mol. The van der Waals surface area contributed by atoms with E-state index in [1.54, 1.807) is 19.1 Å². The van der Waals surface area contributed by atoms with Crippen molar-refractivity contribution in [1.29, 1.82) is 0 Å².